The van der Waals surface area contributed by atoms with Gasteiger partial charge in [-0.3, -0.25) is 0 Å². The van der Waals surface area contributed by atoms with E-state index in [0.717, 1.165) is 19.3 Å². The van der Waals surface area contributed by atoms with Crippen molar-refractivity contribution in [2.45, 2.75) is 45.2 Å². The van der Waals surface area contributed by atoms with E-state index in [1.807, 2.05) is 0 Å². The van der Waals surface area contributed by atoms with E-state index in [1.54, 1.807) is 6.92 Å². The standard InChI is InChI=1S/C13H21N3O3/c1-3-18-12(17)11-8-19-13(15-11)16-9(2)5-4-6-10(16)7-14/h8-10H,3-7,14H2,1-2H3. The molecule has 6 heteroatoms. The van der Waals surface area contributed by atoms with E-state index in [-0.39, 0.29) is 11.7 Å². The number of piperidine rings is 1. The molecule has 0 spiro atoms. The van der Waals surface area contributed by atoms with E-state index in [0.29, 0.717) is 25.2 Å². The van der Waals surface area contributed by atoms with Crippen molar-refractivity contribution in [3.05, 3.63) is 12.0 Å². The highest BCUT2D eigenvalue weighted by atomic mass is 16.5. The molecule has 6 nitrogen and oxygen atoms in total. The van der Waals surface area contributed by atoms with Gasteiger partial charge in [0.05, 0.1) is 6.61 Å². The molecule has 0 radical (unpaired) electrons. The SMILES string of the molecule is CCOC(=O)c1coc(N2C(C)CCCC2CN)n1. The van der Waals surface area contributed by atoms with Crippen LogP contribution in [0.1, 0.15) is 43.6 Å². The Morgan fingerprint density at radius 3 is 3.11 bits per heavy atom. The Morgan fingerprint density at radius 1 is 1.63 bits per heavy atom. The number of aromatic nitrogens is 1. The molecule has 1 aliphatic heterocycles. The van der Waals surface area contributed by atoms with E-state index in [1.165, 1.54) is 6.26 Å². The molecule has 0 saturated carbocycles. The number of carbonyl (C=O) groups excluding carboxylic acids is 1. The van der Waals surface area contributed by atoms with E-state index < -0.39 is 5.97 Å². The van der Waals surface area contributed by atoms with E-state index in [2.05, 4.69) is 16.8 Å². The van der Waals surface area contributed by atoms with Gasteiger partial charge in [-0.25, -0.2) is 4.79 Å². The minimum absolute atomic E-state index is 0.213. The van der Waals surface area contributed by atoms with Gasteiger partial charge in [0, 0.05) is 18.6 Å². The normalized spacial score (nSPS) is 23.4. The second-order valence-corrected chi connectivity index (χ2v) is 4.81. The first kappa shape index (κ1) is 13.9. The van der Waals surface area contributed by atoms with Gasteiger partial charge in [0.1, 0.15) is 6.26 Å². The number of hydrogen-bond donors (Lipinski definition) is 1. The molecule has 106 valence electrons. The number of esters is 1. The summed E-state index contributed by atoms with van der Waals surface area (Å²) in [5.41, 5.74) is 6.02. The maximum Gasteiger partial charge on any atom is 0.360 e. The molecule has 19 heavy (non-hydrogen) atoms. The Hall–Kier alpha value is -1.56. The quantitative estimate of drug-likeness (QED) is 0.834. The summed E-state index contributed by atoms with van der Waals surface area (Å²) >= 11 is 0. The van der Waals surface area contributed by atoms with Crippen LogP contribution in [0.4, 0.5) is 6.01 Å². The number of rotatable bonds is 4. The second-order valence-electron chi connectivity index (χ2n) is 4.81. The number of anilines is 1. The van der Waals surface area contributed by atoms with Gasteiger partial charge in [0.15, 0.2) is 5.69 Å². The number of hydrogen-bond acceptors (Lipinski definition) is 6. The Labute approximate surface area is 112 Å². The molecule has 1 aliphatic rings. The Bertz CT molecular complexity index is 433. The summed E-state index contributed by atoms with van der Waals surface area (Å²) in [4.78, 5) is 17.9. The third-order valence-electron chi connectivity index (χ3n) is 3.50. The molecule has 1 aromatic heterocycles. The van der Waals surface area contributed by atoms with E-state index in [9.17, 15) is 4.79 Å². The fourth-order valence-electron chi connectivity index (χ4n) is 2.54. The Morgan fingerprint density at radius 2 is 2.42 bits per heavy atom. The zero-order valence-corrected chi connectivity index (χ0v) is 11.5. The molecule has 2 N–H and O–H groups in total. The molecule has 2 heterocycles. The van der Waals surface area contributed by atoms with E-state index in [4.69, 9.17) is 14.9 Å². The predicted molar refractivity (Wildman–Crippen MR) is 71.1 cm³/mol. The minimum atomic E-state index is -0.452. The maximum absolute atomic E-state index is 11.6. The molecule has 1 saturated heterocycles. The van der Waals surface area contributed by atoms with Crippen LogP contribution in [-0.4, -0.2) is 36.2 Å². The molecular weight excluding hydrogens is 246 g/mol. The van der Waals surface area contributed by atoms with Crippen molar-refractivity contribution >= 4 is 12.0 Å². The highest BCUT2D eigenvalue weighted by Gasteiger charge is 2.31. The summed E-state index contributed by atoms with van der Waals surface area (Å²) in [5, 5.41) is 0. The lowest BCUT2D eigenvalue weighted by molar-refractivity contribution is 0.0519. The van der Waals surface area contributed by atoms with Crippen molar-refractivity contribution in [2.75, 3.05) is 18.1 Å². The lowest BCUT2D eigenvalue weighted by Crippen LogP contribution is -2.49. The van der Waals surface area contributed by atoms with Crippen molar-refractivity contribution in [1.82, 2.24) is 4.98 Å². The molecule has 0 amide bonds. The van der Waals surface area contributed by atoms with Crippen LogP contribution in [-0.2, 0) is 4.74 Å². The summed E-state index contributed by atoms with van der Waals surface area (Å²) < 4.78 is 10.3. The van der Waals surface area contributed by atoms with Crippen LogP contribution in [0.5, 0.6) is 0 Å². The minimum Gasteiger partial charge on any atom is -0.461 e. The topological polar surface area (TPSA) is 81.6 Å². The summed E-state index contributed by atoms with van der Waals surface area (Å²) in [7, 11) is 0. The molecule has 1 aromatic rings. The van der Waals surface area contributed by atoms with Gasteiger partial charge in [0.25, 0.3) is 6.01 Å². The molecule has 2 rings (SSSR count). The Kier molecular flexibility index (Phi) is 4.42. The number of oxazole rings is 1. The molecule has 0 bridgehead atoms. The second kappa shape index (κ2) is 6.06. The fraction of sp³-hybridized carbons (Fsp3) is 0.692. The average Bonchev–Trinajstić information content (AvgIpc) is 2.88. The van der Waals surface area contributed by atoms with Crippen molar-refractivity contribution in [1.29, 1.82) is 0 Å². The third kappa shape index (κ3) is 2.89. The molecular formula is C13H21N3O3. The van der Waals surface area contributed by atoms with Crippen LogP contribution in [0.2, 0.25) is 0 Å². The third-order valence-corrected chi connectivity index (χ3v) is 3.50. The summed E-state index contributed by atoms with van der Waals surface area (Å²) in [6.45, 7) is 4.76. The van der Waals surface area contributed by atoms with Gasteiger partial charge in [0.2, 0.25) is 0 Å². The highest BCUT2D eigenvalue weighted by molar-refractivity contribution is 5.87. The molecule has 2 unspecified atom stereocenters. The average molecular weight is 267 g/mol. The van der Waals surface area contributed by atoms with Crippen LogP contribution < -0.4 is 10.6 Å². The number of nitrogens with two attached hydrogens (primary N) is 1. The van der Waals surface area contributed by atoms with Crippen molar-refractivity contribution in [2.24, 2.45) is 5.73 Å². The van der Waals surface area contributed by atoms with Crippen LogP contribution in [0.15, 0.2) is 10.7 Å². The van der Waals surface area contributed by atoms with Gasteiger partial charge in [-0.1, -0.05) is 0 Å². The summed E-state index contributed by atoms with van der Waals surface area (Å²) in [5.74, 6) is -0.452. The zero-order chi connectivity index (χ0) is 13.8. The molecule has 0 aliphatic carbocycles. The van der Waals surface area contributed by atoms with Crippen LogP contribution in [0.3, 0.4) is 0 Å². The van der Waals surface area contributed by atoms with Gasteiger partial charge in [-0.15, -0.1) is 0 Å². The van der Waals surface area contributed by atoms with Crippen molar-refractivity contribution in [3.63, 3.8) is 0 Å². The van der Waals surface area contributed by atoms with Crippen molar-refractivity contribution < 1.29 is 13.9 Å². The molecule has 1 fully saturated rings. The monoisotopic (exact) mass is 267 g/mol. The number of ether oxygens (including phenoxy) is 1. The van der Waals surface area contributed by atoms with E-state index >= 15 is 0 Å². The highest BCUT2D eigenvalue weighted by Crippen LogP contribution is 2.28. The molecule has 2 atom stereocenters. The smallest absolute Gasteiger partial charge is 0.360 e. The lowest BCUT2D eigenvalue weighted by Gasteiger charge is -2.39. The van der Waals surface area contributed by atoms with Gasteiger partial charge in [-0.05, 0) is 33.1 Å². The first-order valence-electron chi connectivity index (χ1n) is 6.78. The summed E-state index contributed by atoms with van der Waals surface area (Å²) in [6.07, 6.45) is 4.61. The fourth-order valence-corrected chi connectivity index (χ4v) is 2.54. The lowest BCUT2D eigenvalue weighted by atomic mass is 9.97. The van der Waals surface area contributed by atoms with Crippen LogP contribution in [0.25, 0.3) is 0 Å². The van der Waals surface area contributed by atoms with Crippen LogP contribution >= 0.6 is 0 Å². The van der Waals surface area contributed by atoms with Gasteiger partial charge < -0.3 is 19.8 Å². The first-order chi connectivity index (χ1) is 9.17. The number of nitrogens with zero attached hydrogens (tertiary/aromatic N) is 2. The summed E-state index contributed by atoms with van der Waals surface area (Å²) in [6, 6.07) is 0.999. The van der Waals surface area contributed by atoms with Crippen LogP contribution in [0, 0.1) is 0 Å². The largest absolute Gasteiger partial charge is 0.461 e. The molecule has 0 aromatic carbocycles. The number of carbonyl (C=O) groups is 1. The zero-order valence-electron chi connectivity index (χ0n) is 11.5. The van der Waals surface area contributed by atoms with Gasteiger partial charge >= 0.3 is 5.97 Å². The van der Waals surface area contributed by atoms with Gasteiger partial charge in [-0.2, -0.15) is 4.98 Å². The predicted octanol–water partition coefficient (Wildman–Crippen LogP) is 1.56. The Balaban J connectivity index is 2.17. The van der Waals surface area contributed by atoms with Crippen molar-refractivity contribution in [3.8, 4) is 0 Å². The first-order valence-corrected chi connectivity index (χ1v) is 6.78. The maximum atomic E-state index is 11.6.